The molecular weight excluding hydrogens is 564 g/mol. The van der Waals surface area contributed by atoms with E-state index in [0.717, 1.165) is 5.56 Å². The molecule has 0 aromatic heterocycles. The monoisotopic (exact) mass is 596 g/mol. The lowest BCUT2D eigenvalue weighted by molar-refractivity contribution is -0.349. The Morgan fingerprint density at radius 3 is 2.30 bits per heavy atom. The molecule has 6 atom stereocenters. The summed E-state index contributed by atoms with van der Waals surface area (Å²) >= 11 is 0. The van der Waals surface area contributed by atoms with Gasteiger partial charge in [-0.25, -0.2) is 4.79 Å². The van der Waals surface area contributed by atoms with Gasteiger partial charge in [0.25, 0.3) is 0 Å². The molecule has 12 nitrogen and oxygen atoms in total. The number of hydrogen-bond donors (Lipinski definition) is 0. The van der Waals surface area contributed by atoms with E-state index in [-0.39, 0.29) is 20.0 Å². The molecule has 4 aliphatic heterocycles. The molecule has 4 aliphatic rings. The van der Waals surface area contributed by atoms with Gasteiger partial charge in [0.1, 0.15) is 36.8 Å². The third-order valence-corrected chi connectivity index (χ3v) is 8.29. The predicted octanol–water partition coefficient (Wildman–Crippen LogP) is 3.82. The summed E-state index contributed by atoms with van der Waals surface area (Å²) in [5, 5.41) is 1.33. The van der Waals surface area contributed by atoms with Crippen molar-refractivity contribution in [3.05, 3.63) is 41.5 Å². The minimum absolute atomic E-state index is 0.000791. The lowest BCUT2D eigenvalue weighted by atomic mass is 9.89. The molecule has 6 unspecified atom stereocenters. The molecule has 0 radical (unpaired) electrons. The summed E-state index contributed by atoms with van der Waals surface area (Å²) in [5.41, 5.74) is 2.32. The summed E-state index contributed by atoms with van der Waals surface area (Å²) in [5.74, 6) is 2.08. The zero-order valence-electron chi connectivity index (χ0n) is 24.4. The molecule has 3 aromatic rings. The van der Waals surface area contributed by atoms with Crippen molar-refractivity contribution in [2.45, 2.75) is 50.5 Å². The Bertz CT molecular complexity index is 1570. The SMILES string of the molecule is COc1cc2c(OC3OC4COC(C)OC4C(OC)C3OC)c3c(c(-c4ccc5c(c4)OCO5)c2cc1OC)C(=O)OC3. The van der Waals surface area contributed by atoms with Gasteiger partial charge in [-0.05, 0) is 42.1 Å². The van der Waals surface area contributed by atoms with Crippen molar-refractivity contribution in [1.82, 2.24) is 0 Å². The van der Waals surface area contributed by atoms with Crippen LogP contribution in [0.3, 0.4) is 0 Å². The maximum Gasteiger partial charge on any atom is 0.339 e. The number of fused-ring (bicyclic) bond motifs is 4. The minimum Gasteiger partial charge on any atom is -0.493 e. The van der Waals surface area contributed by atoms with E-state index in [9.17, 15) is 4.79 Å². The van der Waals surface area contributed by atoms with Crippen LogP contribution < -0.4 is 23.7 Å². The number of rotatable bonds is 7. The second kappa shape index (κ2) is 11.0. The van der Waals surface area contributed by atoms with Crippen LogP contribution in [0.2, 0.25) is 0 Å². The van der Waals surface area contributed by atoms with Crippen LogP contribution in [0.15, 0.2) is 30.3 Å². The maximum atomic E-state index is 13.4. The van der Waals surface area contributed by atoms with E-state index in [0.29, 0.717) is 56.2 Å². The Hall–Kier alpha value is -3.81. The van der Waals surface area contributed by atoms with Crippen LogP contribution >= 0.6 is 0 Å². The van der Waals surface area contributed by atoms with E-state index in [2.05, 4.69) is 0 Å². The van der Waals surface area contributed by atoms with E-state index in [4.69, 9.17) is 52.1 Å². The van der Waals surface area contributed by atoms with Gasteiger partial charge in [-0.15, -0.1) is 0 Å². The first-order valence-corrected chi connectivity index (χ1v) is 13.9. The molecule has 43 heavy (non-hydrogen) atoms. The van der Waals surface area contributed by atoms with Crippen LogP contribution in [0.25, 0.3) is 21.9 Å². The third-order valence-electron chi connectivity index (χ3n) is 8.29. The molecule has 3 aromatic carbocycles. The largest absolute Gasteiger partial charge is 0.493 e. The summed E-state index contributed by atoms with van der Waals surface area (Å²) in [7, 11) is 6.27. The van der Waals surface area contributed by atoms with Crippen LogP contribution in [0.1, 0.15) is 22.8 Å². The van der Waals surface area contributed by atoms with Gasteiger partial charge in [0, 0.05) is 30.7 Å². The number of methoxy groups -OCH3 is 4. The van der Waals surface area contributed by atoms with Gasteiger partial charge in [-0.3, -0.25) is 0 Å². The third kappa shape index (κ3) is 4.52. The van der Waals surface area contributed by atoms with E-state index in [1.807, 2.05) is 37.3 Å². The molecule has 12 heteroatoms. The fraction of sp³-hybridized carbons (Fsp3) is 0.452. The Kier molecular flexibility index (Phi) is 7.18. The summed E-state index contributed by atoms with van der Waals surface area (Å²) in [6.45, 7) is 2.23. The summed E-state index contributed by atoms with van der Waals surface area (Å²) in [4.78, 5) is 13.4. The highest BCUT2D eigenvalue weighted by atomic mass is 16.8. The van der Waals surface area contributed by atoms with Crippen LogP contribution in [-0.2, 0) is 35.0 Å². The molecule has 0 amide bonds. The van der Waals surface area contributed by atoms with Crippen LogP contribution in [-0.4, -0.2) is 84.8 Å². The standard InChI is InChI=1S/C31H32O12/c1-14-37-12-23-27(41-14)28(35-4)29(36-5)31(42-23)43-26-17-10-21(34-3)20(33-2)9-16(17)24(25-18(26)11-38-30(25)32)15-6-7-19-22(8-15)40-13-39-19/h6-10,14,23,27-29,31H,11-13H2,1-5H3. The Balaban J connectivity index is 1.42. The molecule has 4 heterocycles. The van der Waals surface area contributed by atoms with E-state index >= 15 is 0 Å². The lowest BCUT2D eigenvalue weighted by Gasteiger charge is -2.47. The molecule has 0 saturated carbocycles. The van der Waals surface area contributed by atoms with E-state index in [1.54, 1.807) is 28.4 Å². The van der Waals surface area contributed by atoms with Crippen molar-refractivity contribution in [2.24, 2.45) is 0 Å². The van der Waals surface area contributed by atoms with Gasteiger partial charge in [0.05, 0.1) is 26.4 Å². The number of benzene rings is 3. The molecule has 0 N–H and O–H groups in total. The summed E-state index contributed by atoms with van der Waals surface area (Å²) in [6.07, 6.45) is -3.45. The minimum atomic E-state index is -0.940. The van der Waals surface area contributed by atoms with Crippen molar-refractivity contribution in [2.75, 3.05) is 41.8 Å². The number of carbonyl (C=O) groups excluding carboxylic acids is 1. The highest BCUT2D eigenvalue weighted by Gasteiger charge is 2.51. The van der Waals surface area contributed by atoms with Crippen LogP contribution in [0.4, 0.5) is 0 Å². The van der Waals surface area contributed by atoms with Gasteiger partial charge in [0.2, 0.25) is 13.1 Å². The molecular formula is C31H32O12. The lowest BCUT2D eigenvalue weighted by Crippen LogP contribution is -2.64. The van der Waals surface area contributed by atoms with Gasteiger partial charge in [-0.1, -0.05) is 6.07 Å². The van der Waals surface area contributed by atoms with Crippen LogP contribution in [0.5, 0.6) is 28.7 Å². The van der Waals surface area contributed by atoms with Crippen molar-refractivity contribution in [1.29, 1.82) is 0 Å². The van der Waals surface area contributed by atoms with Gasteiger partial charge >= 0.3 is 5.97 Å². The first kappa shape index (κ1) is 28.0. The van der Waals surface area contributed by atoms with Crippen molar-refractivity contribution < 1.29 is 56.9 Å². The molecule has 2 fully saturated rings. The van der Waals surface area contributed by atoms with Gasteiger partial charge < -0.3 is 52.1 Å². The Morgan fingerprint density at radius 2 is 1.56 bits per heavy atom. The van der Waals surface area contributed by atoms with Crippen LogP contribution in [0, 0.1) is 0 Å². The quantitative estimate of drug-likeness (QED) is 0.369. The molecule has 0 aliphatic carbocycles. The highest BCUT2D eigenvalue weighted by molar-refractivity contribution is 6.14. The smallest absolute Gasteiger partial charge is 0.339 e. The topological polar surface area (TPSA) is 119 Å². The van der Waals surface area contributed by atoms with E-state index < -0.39 is 43.0 Å². The second-order valence-corrected chi connectivity index (χ2v) is 10.5. The molecule has 0 spiro atoms. The molecule has 228 valence electrons. The Morgan fingerprint density at radius 1 is 0.814 bits per heavy atom. The van der Waals surface area contributed by atoms with Gasteiger partial charge in [0.15, 0.2) is 29.3 Å². The average molecular weight is 597 g/mol. The highest BCUT2D eigenvalue weighted by Crippen LogP contribution is 2.50. The van der Waals surface area contributed by atoms with Crippen molar-refractivity contribution in [3.8, 4) is 39.9 Å². The number of carbonyl (C=O) groups is 1. The zero-order valence-corrected chi connectivity index (χ0v) is 24.4. The first-order chi connectivity index (χ1) is 20.9. The number of cyclic esters (lactones) is 1. The maximum absolute atomic E-state index is 13.4. The summed E-state index contributed by atoms with van der Waals surface area (Å²) < 4.78 is 64.6. The zero-order chi connectivity index (χ0) is 29.8. The second-order valence-electron chi connectivity index (χ2n) is 10.5. The Labute approximate surface area is 247 Å². The first-order valence-electron chi connectivity index (χ1n) is 13.9. The average Bonchev–Trinajstić information content (AvgIpc) is 3.66. The van der Waals surface area contributed by atoms with E-state index in [1.165, 1.54) is 0 Å². The number of esters is 1. The number of ether oxygens (including phenoxy) is 11. The number of hydrogen-bond acceptors (Lipinski definition) is 12. The normalized spacial score (nSPS) is 27.4. The van der Waals surface area contributed by atoms with Crippen molar-refractivity contribution >= 4 is 16.7 Å². The fourth-order valence-corrected chi connectivity index (χ4v) is 6.29. The molecule has 2 saturated heterocycles. The molecule has 7 rings (SSSR count). The summed E-state index contributed by atoms with van der Waals surface area (Å²) in [6, 6.07) is 9.18. The molecule has 0 bridgehead atoms. The predicted molar refractivity (Wildman–Crippen MR) is 149 cm³/mol. The van der Waals surface area contributed by atoms with Gasteiger partial charge in [-0.2, -0.15) is 0 Å². The van der Waals surface area contributed by atoms with Crippen molar-refractivity contribution in [3.63, 3.8) is 0 Å². The fourth-order valence-electron chi connectivity index (χ4n) is 6.29.